The number of nitrogens with one attached hydrogen (secondary N) is 1. The fourth-order valence-electron chi connectivity index (χ4n) is 4.22. The molecule has 0 saturated heterocycles. The van der Waals surface area contributed by atoms with Crippen LogP contribution in [0.5, 0.6) is 5.75 Å². The van der Waals surface area contributed by atoms with Gasteiger partial charge in [-0.3, -0.25) is 13.9 Å². The van der Waals surface area contributed by atoms with E-state index in [1.807, 2.05) is 20.8 Å². The van der Waals surface area contributed by atoms with E-state index < -0.39 is 28.5 Å². The van der Waals surface area contributed by atoms with Gasteiger partial charge >= 0.3 is 0 Å². The average Bonchev–Trinajstić information content (AvgIpc) is 2.95. The van der Waals surface area contributed by atoms with Crippen molar-refractivity contribution in [3.05, 3.63) is 88.4 Å². The first-order valence-electron chi connectivity index (χ1n) is 13.3. The molecule has 3 rings (SSSR count). The number of methoxy groups -OCH3 is 1. The van der Waals surface area contributed by atoms with Gasteiger partial charge in [-0.25, -0.2) is 8.42 Å². The van der Waals surface area contributed by atoms with Crippen LogP contribution in [0.3, 0.4) is 0 Å². The summed E-state index contributed by atoms with van der Waals surface area (Å²) in [5.74, 6) is -0.235. The molecule has 3 aromatic carbocycles. The summed E-state index contributed by atoms with van der Waals surface area (Å²) in [6, 6.07) is 18.3. The Hall–Kier alpha value is -3.27. The summed E-state index contributed by atoms with van der Waals surface area (Å²) in [6.45, 7) is 5.14. The van der Waals surface area contributed by atoms with Crippen molar-refractivity contribution in [1.82, 2.24) is 10.2 Å². The Morgan fingerprint density at radius 3 is 2.07 bits per heavy atom. The maximum absolute atomic E-state index is 14.1. The Morgan fingerprint density at radius 1 is 0.927 bits per heavy atom. The second-order valence-electron chi connectivity index (χ2n) is 9.56. The minimum absolute atomic E-state index is 0.00726. The van der Waals surface area contributed by atoms with E-state index in [9.17, 15) is 18.0 Å². The van der Waals surface area contributed by atoms with E-state index in [0.29, 0.717) is 18.6 Å². The van der Waals surface area contributed by atoms with Gasteiger partial charge in [0.05, 0.1) is 17.7 Å². The van der Waals surface area contributed by atoms with Crippen LogP contribution in [0.1, 0.15) is 39.2 Å². The summed E-state index contributed by atoms with van der Waals surface area (Å²) in [7, 11) is -2.67. The molecular formula is C30H35Cl2N3O5S. The molecule has 0 aliphatic heterocycles. The fourth-order valence-corrected chi connectivity index (χ4v) is 6.15. The number of ether oxygens (including phenoxy) is 1. The van der Waals surface area contributed by atoms with Crippen molar-refractivity contribution in [3.8, 4) is 5.75 Å². The van der Waals surface area contributed by atoms with Crippen molar-refractivity contribution in [2.75, 3.05) is 18.0 Å². The van der Waals surface area contributed by atoms with Crippen molar-refractivity contribution in [2.45, 2.75) is 57.1 Å². The van der Waals surface area contributed by atoms with E-state index in [1.54, 1.807) is 49.6 Å². The van der Waals surface area contributed by atoms with Gasteiger partial charge in [0.15, 0.2) is 0 Å². The monoisotopic (exact) mass is 619 g/mol. The van der Waals surface area contributed by atoms with Gasteiger partial charge in [0, 0.05) is 22.6 Å². The zero-order chi connectivity index (χ0) is 30.2. The number of hydrogen-bond donors (Lipinski definition) is 1. The van der Waals surface area contributed by atoms with Crippen LogP contribution in [0, 0.1) is 0 Å². The highest BCUT2D eigenvalue weighted by molar-refractivity contribution is 7.92. The Morgan fingerprint density at radius 2 is 1.54 bits per heavy atom. The molecule has 8 nitrogen and oxygen atoms in total. The largest absolute Gasteiger partial charge is 0.497 e. The molecule has 0 heterocycles. The third kappa shape index (κ3) is 8.38. The highest BCUT2D eigenvalue weighted by atomic mass is 35.5. The number of amides is 2. The zero-order valence-electron chi connectivity index (χ0n) is 23.5. The van der Waals surface area contributed by atoms with Crippen LogP contribution in [-0.2, 0) is 26.2 Å². The minimum Gasteiger partial charge on any atom is -0.497 e. The number of rotatable bonds is 13. The average molecular weight is 621 g/mol. The van der Waals surface area contributed by atoms with Gasteiger partial charge in [0.2, 0.25) is 11.8 Å². The standard InChI is InChI=1S/C30H35Cl2N3O5S/c1-5-21(3)33-30(37)28(6-2)34(19-22-12-14-26(40-4)15-13-22)29(36)20-35(25-17-23(31)16-24(32)18-25)41(38,39)27-10-8-7-9-11-27/h7-18,21,28H,5-6,19-20H2,1-4H3,(H,33,37)/t21-,28+/m1/s1. The van der Waals surface area contributed by atoms with E-state index in [-0.39, 0.29) is 39.1 Å². The lowest BCUT2D eigenvalue weighted by molar-refractivity contribution is -0.140. The summed E-state index contributed by atoms with van der Waals surface area (Å²) < 4.78 is 34.0. The number of nitrogens with zero attached hydrogens (tertiary/aromatic N) is 2. The number of halogens is 2. The molecule has 3 aromatic rings. The maximum Gasteiger partial charge on any atom is 0.264 e. The fraction of sp³-hybridized carbons (Fsp3) is 0.333. The summed E-state index contributed by atoms with van der Waals surface area (Å²) >= 11 is 12.5. The molecule has 2 amide bonds. The van der Waals surface area contributed by atoms with Crippen LogP contribution in [0.2, 0.25) is 10.0 Å². The highest BCUT2D eigenvalue weighted by Gasteiger charge is 2.34. The molecule has 0 aliphatic rings. The van der Waals surface area contributed by atoms with Gasteiger partial charge in [0.1, 0.15) is 18.3 Å². The topological polar surface area (TPSA) is 96.0 Å². The first kappa shape index (κ1) is 32.2. The van der Waals surface area contributed by atoms with Crippen molar-refractivity contribution < 1.29 is 22.7 Å². The molecule has 0 bridgehead atoms. The highest BCUT2D eigenvalue weighted by Crippen LogP contribution is 2.30. The molecule has 220 valence electrons. The third-order valence-corrected chi connectivity index (χ3v) is 8.87. The van der Waals surface area contributed by atoms with Crippen LogP contribution in [-0.4, -0.2) is 50.9 Å². The second-order valence-corrected chi connectivity index (χ2v) is 12.3. The van der Waals surface area contributed by atoms with Gasteiger partial charge in [-0.15, -0.1) is 0 Å². The Kier molecular flexibility index (Phi) is 11.5. The number of hydrogen-bond acceptors (Lipinski definition) is 5. The van der Waals surface area contributed by atoms with Gasteiger partial charge in [-0.1, -0.05) is 67.4 Å². The molecule has 11 heteroatoms. The van der Waals surface area contributed by atoms with Gasteiger partial charge in [-0.2, -0.15) is 0 Å². The molecule has 0 aliphatic carbocycles. The molecule has 0 aromatic heterocycles. The van der Waals surface area contributed by atoms with Crippen LogP contribution < -0.4 is 14.4 Å². The van der Waals surface area contributed by atoms with E-state index >= 15 is 0 Å². The first-order chi connectivity index (χ1) is 19.5. The van der Waals surface area contributed by atoms with E-state index in [2.05, 4.69) is 5.32 Å². The lowest BCUT2D eigenvalue weighted by Crippen LogP contribution is -2.53. The molecule has 0 radical (unpaired) electrons. The van der Waals surface area contributed by atoms with Crippen LogP contribution in [0.15, 0.2) is 77.7 Å². The van der Waals surface area contributed by atoms with Gasteiger partial charge < -0.3 is 15.0 Å². The smallest absolute Gasteiger partial charge is 0.264 e. The van der Waals surface area contributed by atoms with Gasteiger partial charge in [0.25, 0.3) is 10.0 Å². The summed E-state index contributed by atoms with van der Waals surface area (Å²) in [6.07, 6.45) is 1.03. The molecule has 0 fully saturated rings. The van der Waals surface area contributed by atoms with E-state index in [1.165, 1.54) is 35.2 Å². The predicted molar refractivity (Wildman–Crippen MR) is 163 cm³/mol. The normalized spacial score (nSPS) is 12.7. The Balaban J connectivity index is 2.07. The maximum atomic E-state index is 14.1. The summed E-state index contributed by atoms with van der Waals surface area (Å²) in [5.41, 5.74) is 0.874. The predicted octanol–water partition coefficient (Wildman–Crippen LogP) is 5.92. The molecule has 2 atom stereocenters. The number of anilines is 1. The third-order valence-electron chi connectivity index (χ3n) is 6.64. The molecule has 0 spiro atoms. The Bertz CT molecular complexity index is 1420. The van der Waals surface area contributed by atoms with Crippen LogP contribution >= 0.6 is 23.2 Å². The number of sulfonamides is 1. The zero-order valence-corrected chi connectivity index (χ0v) is 25.8. The first-order valence-corrected chi connectivity index (χ1v) is 15.5. The van der Waals surface area contributed by atoms with Gasteiger partial charge in [-0.05, 0) is 67.8 Å². The second kappa shape index (κ2) is 14.6. The lowest BCUT2D eigenvalue weighted by atomic mass is 10.1. The van der Waals surface area contributed by atoms with Crippen LogP contribution in [0.4, 0.5) is 5.69 Å². The summed E-state index contributed by atoms with van der Waals surface area (Å²) in [5, 5.41) is 3.38. The SMILES string of the molecule is CC[C@@H](C)NC(=O)[C@H](CC)N(Cc1ccc(OC)cc1)C(=O)CN(c1cc(Cl)cc(Cl)c1)S(=O)(=O)c1ccccc1. The molecular weight excluding hydrogens is 585 g/mol. The van der Waals surface area contributed by atoms with Crippen molar-refractivity contribution >= 4 is 50.7 Å². The van der Waals surface area contributed by atoms with Crippen molar-refractivity contribution in [2.24, 2.45) is 0 Å². The lowest BCUT2D eigenvalue weighted by Gasteiger charge is -2.33. The quantitative estimate of drug-likeness (QED) is 0.256. The number of benzene rings is 3. The Labute approximate surface area is 252 Å². The molecule has 41 heavy (non-hydrogen) atoms. The van der Waals surface area contributed by atoms with Crippen molar-refractivity contribution in [3.63, 3.8) is 0 Å². The molecule has 1 N–H and O–H groups in total. The minimum atomic E-state index is -4.22. The van der Waals surface area contributed by atoms with E-state index in [0.717, 1.165) is 9.87 Å². The summed E-state index contributed by atoms with van der Waals surface area (Å²) in [4.78, 5) is 28.9. The molecule has 0 unspecified atom stereocenters. The van der Waals surface area contributed by atoms with Crippen LogP contribution in [0.25, 0.3) is 0 Å². The van der Waals surface area contributed by atoms with Crippen molar-refractivity contribution in [1.29, 1.82) is 0 Å². The molecule has 0 saturated carbocycles. The number of carbonyl (C=O) groups is 2. The number of carbonyl (C=O) groups excluding carboxylic acids is 2. The van der Waals surface area contributed by atoms with E-state index in [4.69, 9.17) is 27.9 Å².